The lowest BCUT2D eigenvalue weighted by Crippen LogP contribution is -2.42. The maximum absolute atomic E-state index is 11.7. The number of hydrogen-bond acceptors (Lipinski definition) is 3. The van der Waals surface area contributed by atoms with E-state index in [1.165, 1.54) is 25.3 Å². The average Bonchev–Trinajstić information content (AvgIpc) is 2.41. The van der Waals surface area contributed by atoms with Crippen LogP contribution >= 0.6 is 0 Å². The summed E-state index contributed by atoms with van der Waals surface area (Å²) < 4.78 is 5.94. The number of ketones is 1. The van der Waals surface area contributed by atoms with Crippen molar-refractivity contribution in [2.75, 3.05) is 6.61 Å². The minimum absolute atomic E-state index is 0.0999. The third-order valence-electron chi connectivity index (χ3n) is 4.45. The molecular formula is C18H36O3Si. The van der Waals surface area contributed by atoms with Gasteiger partial charge < -0.3 is 9.53 Å². The van der Waals surface area contributed by atoms with Crippen molar-refractivity contribution in [1.82, 2.24) is 0 Å². The zero-order valence-electron chi connectivity index (χ0n) is 15.4. The van der Waals surface area contributed by atoms with Crippen molar-refractivity contribution >= 4 is 14.1 Å². The number of aliphatic hydroxyl groups excluding tert-OH is 1. The zero-order valence-corrected chi connectivity index (χ0v) is 16.4. The highest BCUT2D eigenvalue weighted by Gasteiger charge is 2.37. The van der Waals surface area contributed by atoms with Crippen molar-refractivity contribution in [2.45, 2.75) is 90.5 Å². The largest absolute Gasteiger partial charge is 0.414 e. The minimum atomic E-state index is -1.84. The van der Waals surface area contributed by atoms with Gasteiger partial charge in [-0.25, -0.2) is 0 Å². The molecule has 0 bridgehead atoms. The van der Waals surface area contributed by atoms with Crippen LogP contribution in [0.2, 0.25) is 18.1 Å². The molecule has 0 aromatic rings. The molecule has 130 valence electrons. The lowest BCUT2D eigenvalue weighted by Gasteiger charge is -2.36. The number of hydrogen-bond donors (Lipinski definition) is 1. The van der Waals surface area contributed by atoms with E-state index in [0.29, 0.717) is 6.42 Å². The van der Waals surface area contributed by atoms with Crippen molar-refractivity contribution < 1.29 is 14.3 Å². The Bertz CT molecular complexity index is 343. The lowest BCUT2D eigenvalue weighted by atomic mass is 10.1. The van der Waals surface area contributed by atoms with E-state index >= 15 is 0 Å². The van der Waals surface area contributed by atoms with Crippen LogP contribution in [0.1, 0.15) is 66.2 Å². The molecule has 0 radical (unpaired) electrons. The molecule has 0 fully saturated rings. The van der Waals surface area contributed by atoms with E-state index in [-0.39, 0.29) is 17.4 Å². The van der Waals surface area contributed by atoms with Gasteiger partial charge in [0.2, 0.25) is 0 Å². The quantitative estimate of drug-likeness (QED) is 0.335. The molecule has 1 N–H and O–H groups in total. The Balaban J connectivity index is 4.00. The molecule has 22 heavy (non-hydrogen) atoms. The van der Waals surface area contributed by atoms with Gasteiger partial charge in [0.1, 0.15) is 0 Å². The van der Waals surface area contributed by atoms with Gasteiger partial charge in [0.25, 0.3) is 0 Å². The predicted molar refractivity (Wildman–Crippen MR) is 96.7 cm³/mol. The van der Waals surface area contributed by atoms with Crippen molar-refractivity contribution in [3.63, 3.8) is 0 Å². The van der Waals surface area contributed by atoms with E-state index in [1.807, 2.05) is 0 Å². The van der Waals surface area contributed by atoms with Gasteiger partial charge in [-0.1, -0.05) is 59.5 Å². The molecule has 0 aliphatic carbocycles. The van der Waals surface area contributed by atoms with Gasteiger partial charge in [-0.3, -0.25) is 4.79 Å². The van der Waals surface area contributed by atoms with Gasteiger partial charge in [0.15, 0.2) is 14.1 Å². The van der Waals surface area contributed by atoms with Crippen LogP contribution in [-0.4, -0.2) is 31.9 Å². The number of carbonyl (C=O) groups is 1. The fraction of sp³-hybridized carbons (Fsp3) is 0.833. The second-order valence-corrected chi connectivity index (χ2v) is 12.4. The van der Waals surface area contributed by atoms with Crippen LogP contribution < -0.4 is 0 Å². The first kappa shape index (κ1) is 21.5. The third-order valence-corrected chi connectivity index (χ3v) is 8.95. The molecule has 0 aliphatic rings. The summed E-state index contributed by atoms with van der Waals surface area (Å²) in [5, 5.41) is 10.1. The summed E-state index contributed by atoms with van der Waals surface area (Å²) in [6.07, 6.45) is 8.69. The number of unbranched alkanes of at least 4 members (excludes halogenated alkanes) is 4. The van der Waals surface area contributed by atoms with Gasteiger partial charge in [-0.05, 0) is 30.6 Å². The highest BCUT2D eigenvalue weighted by Crippen LogP contribution is 2.36. The van der Waals surface area contributed by atoms with Gasteiger partial charge >= 0.3 is 0 Å². The third kappa shape index (κ3) is 9.54. The van der Waals surface area contributed by atoms with Gasteiger partial charge in [-0.2, -0.15) is 0 Å². The lowest BCUT2D eigenvalue weighted by molar-refractivity contribution is -0.114. The molecule has 0 spiro atoms. The van der Waals surface area contributed by atoms with E-state index in [1.54, 1.807) is 6.08 Å². The van der Waals surface area contributed by atoms with E-state index in [2.05, 4.69) is 40.8 Å². The smallest absolute Gasteiger partial charge is 0.192 e. The van der Waals surface area contributed by atoms with Gasteiger partial charge in [0.05, 0.1) is 12.7 Å². The first-order valence-corrected chi connectivity index (χ1v) is 11.5. The highest BCUT2D eigenvalue weighted by molar-refractivity contribution is 6.74. The monoisotopic (exact) mass is 328 g/mol. The molecule has 0 saturated carbocycles. The Morgan fingerprint density at radius 1 is 1.18 bits per heavy atom. The summed E-state index contributed by atoms with van der Waals surface area (Å²) in [6.45, 7) is 13.3. The fourth-order valence-electron chi connectivity index (χ4n) is 1.77. The Morgan fingerprint density at radius 2 is 1.77 bits per heavy atom. The molecule has 0 amide bonds. The molecular weight excluding hydrogens is 292 g/mol. The normalized spacial score (nSPS) is 14.5. The van der Waals surface area contributed by atoms with Crippen LogP contribution in [-0.2, 0) is 9.22 Å². The summed E-state index contributed by atoms with van der Waals surface area (Å²) in [5.74, 6) is 0.0999. The van der Waals surface area contributed by atoms with Gasteiger partial charge in [-0.15, -0.1) is 0 Å². The van der Waals surface area contributed by atoms with E-state index < -0.39 is 14.4 Å². The fourth-order valence-corrected chi connectivity index (χ4v) is 2.79. The number of rotatable bonds is 11. The molecule has 4 heteroatoms. The second kappa shape index (κ2) is 10.3. The van der Waals surface area contributed by atoms with Crippen LogP contribution in [0, 0.1) is 0 Å². The molecule has 0 heterocycles. The molecule has 0 rings (SSSR count). The van der Waals surface area contributed by atoms with Gasteiger partial charge in [0, 0.05) is 6.42 Å². The summed E-state index contributed by atoms with van der Waals surface area (Å²) in [4.78, 5) is 11.7. The zero-order chi connectivity index (χ0) is 17.2. The number of carbonyl (C=O) groups excluding carboxylic acids is 1. The van der Waals surface area contributed by atoms with Crippen LogP contribution in [0.5, 0.6) is 0 Å². The van der Waals surface area contributed by atoms with Crippen molar-refractivity contribution in [1.29, 1.82) is 0 Å². The maximum Gasteiger partial charge on any atom is 0.192 e. The second-order valence-electron chi connectivity index (χ2n) is 7.63. The van der Waals surface area contributed by atoms with Crippen molar-refractivity contribution in [3.8, 4) is 0 Å². The summed E-state index contributed by atoms with van der Waals surface area (Å²) in [7, 11) is -1.84. The SMILES string of the molecule is CCCCCCCC(=O)C=CC(O)CO[Si](C)(C)C(C)(C)C. The number of aliphatic hydroxyl groups is 1. The Labute approximate surface area is 138 Å². The molecule has 0 aromatic heterocycles. The topological polar surface area (TPSA) is 46.5 Å². The molecule has 1 atom stereocenters. The Hall–Kier alpha value is -0.453. The summed E-state index contributed by atoms with van der Waals surface area (Å²) in [6, 6.07) is 0. The van der Waals surface area contributed by atoms with E-state index in [0.717, 1.165) is 12.8 Å². The van der Waals surface area contributed by atoms with Crippen LogP contribution in [0.15, 0.2) is 12.2 Å². The van der Waals surface area contributed by atoms with Crippen molar-refractivity contribution in [2.24, 2.45) is 0 Å². The molecule has 0 aliphatic heterocycles. The summed E-state index contributed by atoms with van der Waals surface area (Å²) in [5.41, 5.74) is 0. The van der Waals surface area contributed by atoms with Crippen molar-refractivity contribution in [3.05, 3.63) is 12.2 Å². The summed E-state index contributed by atoms with van der Waals surface area (Å²) >= 11 is 0. The van der Waals surface area contributed by atoms with E-state index in [4.69, 9.17) is 4.43 Å². The molecule has 0 saturated heterocycles. The first-order valence-electron chi connectivity index (χ1n) is 8.63. The molecule has 0 aromatic carbocycles. The van der Waals surface area contributed by atoms with Crippen LogP contribution in [0.3, 0.4) is 0 Å². The maximum atomic E-state index is 11.7. The first-order chi connectivity index (χ1) is 10.1. The average molecular weight is 329 g/mol. The molecule has 3 nitrogen and oxygen atoms in total. The van der Waals surface area contributed by atoms with Crippen LogP contribution in [0.4, 0.5) is 0 Å². The van der Waals surface area contributed by atoms with E-state index in [9.17, 15) is 9.90 Å². The standard InChI is InChI=1S/C18H36O3Si/c1-7-8-9-10-11-12-16(19)13-14-17(20)15-21-22(5,6)18(2,3)4/h13-14,17,20H,7-12,15H2,1-6H3. The van der Waals surface area contributed by atoms with Crippen LogP contribution in [0.25, 0.3) is 0 Å². The Morgan fingerprint density at radius 3 is 2.32 bits per heavy atom. The number of allylic oxidation sites excluding steroid dienone is 1. The minimum Gasteiger partial charge on any atom is -0.414 e. The Kier molecular flexibility index (Phi) is 10.1. The highest BCUT2D eigenvalue weighted by atomic mass is 28.4. The molecule has 1 unspecified atom stereocenters. The predicted octanol–water partition coefficient (Wildman–Crippen LogP) is 4.85.